The van der Waals surface area contributed by atoms with E-state index in [1.165, 1.54) is 204 Å². The summed E-state index contributed by atoms with van der Waals surface area (Å²) in [6.07, 6.45) is 16.5. The highest BCUT2D eigenvalue weighted by molar-refractivity contribution is 7.00. The smallest absolute Gasteiger partial charge is 0.297 e. The van der Waals surface area contributed by atoms with E-state index in [0.29, 0.717) is 0 Å². The molecule has 8 aliphatic rings. The minimum absolute atomic E-state index is 0.00742. The number of fused-ring (bicyclic) bond motifs is 15. The molecule has 12 aromatic rings. The van der Waals surface area contributed by atoms with Gasteiger partial charge >= 0.3 is 0 Å². The summed E-state index contributed by atoms with van der Waals surface area (Å²) in [5, 5.41) is 2.39. The molecule has 7 heteroatoms. The van der Waals surface area contributed by atoms with E-state index in [1.54, 1.807) is 5.56 Å². The zero-order chi connectivity index (χ0) is 85.8. The van der Waals surface area contributed by atoms with Gasteiger partial charge in [-0.25, -0.2) is 0 Å². The second kappa shape index (κ2) is 27.0. The van der Waals surface area contributed by atoms with Gasteiger partial charge in [-0.05, 0) is 296 Å². The summed E-state index contributed by atoms with van der Waals surface area (Å²) in [5.41, 5.74) is 40.4. The summed E-state index contributed by atoms with van der Waals surface area (Å²) in [7, 11) is 0. The van der Waals surface area contributed by atoms with Crippen LogP contribution in [0.25, 0.3) is 44.2 Å². The Morgan fingerprint density at radius 3 is 1.41 bits per heavy atom. The van der Waals surface area contributed by atoms with Crippen LogP contribution in [-0.4, -0.2) is 17.8 Å². The summed E-state index contributed by atoms with van der Waals surface area (Å²) in [4.78, 5) is 10.8. The number of furan rings is 2. The fourth-order valence-electron chi connectivity index (χ4n) is 24.1. The van der Waals surface area contributed by atoms with Gasteiger partial charge in [-0.15, -0.1) is 0 Å². The minimum atomic E-state index is -0.0661. The molecule has 4 unspecified atom stereocenters. The molecule has 6 heterocycles. The van der Waals surface area contributed by atoms with Crippen LogP contribution in [0.3, 0.4) is 0 Å². The van der Waals surface area contributed by atoms with E-state index < -0.39 is 0 Å². The minimum Gasteiger partial charge on any atom is -0.468 e. The van der Waals surface area contributed by atoms with Gasteiger partial charge in [0.2, 0.25) is 0 Å². The third-order valence-electron chi connectivity index (χ3n) is 32.3. The molecule has 0 bridgehead atoms. The molecule has 4 atom stereocenters. The highest BCUT2D eigenvalue weighted by Gasteiger charge is 2.63. The normalized spacial score (nSPS) is 22.6. The first-order valence-electron chi connectivity index (χ1n) is 46.2. The summed E-state index contributed by atoms with van der Waals surface area (Å²) in [6.45, 7) is 62.5. The number of aryl methyl sites for hydroxylation is 2. The Labute approximate surface area is 725 Å². The van der Waals surface area contributed by atoms with Crippen molar-refractivity contribution in [1.29, 1.82) is 0 Å². The second-order valence-corrected chi connectivity index (χ2v) is 46.3. The molecule has 6 nitrogen and oxygen atoms in total. The van der Waals surface area contributed by atoms with Gasteiger partial charge in [0.05, 0.1) is 39.5 Å². The fraction of sp³-hybridized carbons (Fsp3) is 0.439. The molecule has 121 heavy (non-hydrogen) atoms. The van der Waals surface area contributed by atoms with Crippen LogP contribution in [0.1, 0.15) is 310 Å². The molecule has 10 aromatic carbocycles. The van der Waals surface area contributed by atoms with E-state index in [9.17, 15) is 0 Å². The maximum absolute atomic E-state index is 7.66. The number of nitrogens with zero attached hydrogens (tertiary/aromatic N) is 4. The van der Waals surface area contributed by atoms with Crippen molar-refractivity contribution in [2.24, 2.45) is 0 Å². The lowest BCUT2D eigenvalue weighted by molar-refractivity contribution is 0.195. The Bertz CT molecular complexity index is 6230. The Kier molecular flexibility index (Phi) is 18.1. The Balaban J connectivity index is 0.000000160. The molecule has 2 saturated carbocycles. The quantitative estimate of drug-likeness (QED) is 0.148. The molecule has 4 aliphatic heterocycles. The standard InChI is InChI=1S/C57H65BN2O.C57H68N2O/c1-34-27-45-48-46(28-34)60-50-42(56(12)23-17-18-24-57(56,60)13)30-37(53(5,6)7)31-43(50)58(48)51-49(39-32-40-41(33-47(39)61-51)55(10,11)26-25-54(40,8)9)59(45)44-22-21-36(52(2,3)4)29-38(44)35-19-15-14-16-20-35;1-37-29-41(33-42(30-37)59-49-24-22-40(53(5,6)7)32-47(49)56(12)25-17-18-26-57(56,59)13)58(48-23-21-39(52(2,3)4)31-43(48)38-19-15-14-16-20-38)50-36-60-51-35-46-45(34-44(50)51)54(8,9)27-28-55(46,10)11/h14-16,19-22,27-33H,17-18,23-26H2,1-13H3;14-16,19-24,29-36H,17-18,25-28H2,1-13H3. The third-order valence-corrected chi connectivity index (χ3v) is 32.3. The largest absolute Gasteiger partial charge is 0.468 e. The third kappa shape index (κ3) is 12.4. The van der Waals surface area contributed by atoms with Crippen molar-refractivity contribution in [3.63, 3.8) is 0 Å². The van der Waals surface area contributed by atoms with Crippen LogP contribution in [-0.2, 0) is 54.1 Å². The molecule has 2 fully saturated rings. The molecular formula is C114H133BN4O2. The lowest BCUT2D eigenvalue weighted by Gasteiger charge is -2.52. The van der Waals surface area contributed by atoms with Gasteiger partial charge in [-0.1, -0.05) is 275 Å². The first kappa shape index (κ1) is 81.2. The number of hydrogen-bond donors (Lipinski definition) is 0. The van der Waals surface area contributed by atoms with Crippen LogP contribution < -0.4 is 36.2 Å². The van der Waals surface area contributed by atoms with Crippen molar-refractivity contribution in [1.82, 2.24) is 0 Å². The van der Waals surface area contributed by atoms with Gasteiger partial charge in [0.25, 0.3) is 6.71 Å². The number of anilines is 10. The lowest BCUT2D eigenvalue weighted by atomic mass is 9.35. The maximum Gasteiger partial charge on any atom is 0.297 e. The van der Waals surface area contributed by atoms with Gasteiger partial charge in [-0.3, -0.25) is 0 Å². The molecule has 0 saturated heterocycles. The molecule has 4 aliphatic carbocycles. The predicted octanol–water partition coefficient (Wildman–Crippen LogP) is 30.3. The molecule has 20 rings (SSSR count). The summed E-state index contributed by atoms with van der Waals surface area (Å²) < 4.78 is 14.4. The summed E-state index contributed by atoms with van der Waals surface area (Å²) in [6, 6.07) is 71.3. The summed E-state index contributed by atoms with van der Waals surface area (Å²) in [5.74, 6) is 0. The van der Waals surface area contributed by atoms with Gasteiger partial charge in [0.1, 0.15) is 17.4 Å². The summed E-state index contributed by atoms with van der Waals surface area (Å²) >= 11 is 0. The molecule has 0 radical (unpaired) electrons. The molecule has 0 N–H and O–H groups in total. The topological polar surface area (TPSA) is 39.2 Å². The van der Waals surface area contributed by atoms with Crippen molar-refractivity contribution in [3.05, 3.63) is 255 Å². The van der Waals surface area contributed by atoms with Gasteiger partial charge in [0.15, 0.2) is 0 Å². The monoisotopic (exact) mass is 1600 g/mol. The van der Waals surface area contributed by atoms with E-state index in [0.717, 1.165) is 52.1 Å². The Morgan fingerprint density at radius 2 is 0.835 bits per heavy atom. The van der Waals surface area contributed by atoms with Gasteiger partial charge in [-0.2, -0.15) is 0 Å². The average molecular weight is 1600 g/mol. The predicted molar refractivity (Wildman–Crippen MR) is 518 cm³/mol. The van der Waals surface area contributed by atoms with E-state index in [4.69, 9.17) is 8.83 Å². The maximum atomic E-state index is 7.66. The van der Waals surface area contributed by atoms with Crippen molar-refractivity contribution < 1.29 is 8.83 Å². The molecular weight excluding hydrogens is 1470 g/mol. The average Bonchev–Trinajstić information content (AvgIpc) is 1.49. The zero-order valence-corrected chi connectivity index (χ0v) is 78.1. The highest BCUT2D eigenvalue weighted by Crippen LogP contribution is 2.66. The van der Waals surface area contributed by atoms with E-state index in [-0.39, 0.29) is 71.9 Å². The van der Waals surface area contributed by atoms with Crippen molar-refractivity contribution >= 4 is 102 Å². The van der Waals surface area contributed by atoms with Crippen molar-refractivity contribution in [2.75, 3.05) is 19.6 Å². The number of benzene rings is 10. The SMILES string of the molecule is Cc1cc(N(c2ccc(C(C)(C)C)cc2-c2ccccc2)c2coc3cc4c(cc23)C(C)(C)CCC4(C)C)cc(N2c3ccc(C(C)(C)C)cc3C3(C)CCCCC23C)c1.Cc1cc2c3c(c1)N1c4c(cc(C(C)(C)C)cc4C4(C)CCCCC14C)B3c1oc3cc4c(cc3c1N2c1ccc(C(C)(C)C)cc1-c1ccccc1)C(C)(C)CCC4(C)C. The van der Waals surface area contributed by atoms with E-state index in [2.05, 4.69) is 382 Å². The Hall–Kier alpha value is -9.46. The van der Waals surface area contributed by atoms with E-state index >= 15 is 0 Å². The van der Waals surface area contributed by atoms with Crippen LogP contribution >= 0.6 is 0 Å². The lowest BCUT2D eigenvalue weighted by Crippen LogP contribution is -2.64. The number of rotatable bonds is 7. The van der Waals surface area contributed by atoms with Gasteiger partial charge < -0.3 is 28.4 Å². The van der Waals surface area contributed by atoms with Crippen molar-refractivity contribution in [2.45, 2.75) is 322 Å². The van der Waals surface area contributed by atoms with E-state index in [1.807, 2.05) is 6.26 Å². The van der Waals surface area contributed by atoms with Gasteiger partial charge in [0, 0.05) is 66.9 Å². The molecule has 624 valence electrons. The Morgan fingerprint density at radius 1 is 0.364 bits per heavy atom. The van der Waals surface area contributed by atoms with Crippen LogP contribution in [0.15, 0.2) is 197 Å². The first-order chi connectivity index (χ1) is 56.8. The fourth-order valence-corrected chi connectivity index (χ4v) is 24.1. The van der Waals surface area contributed by atoms with Crippen LogP contribution in [0.2, 0.25) is 0 Å². The zero-order valence-electron chi connectivity index (χ0n) is 78.1. The highest BCUT2D eigenvalue weighted by atomic mass is 16.3. The molecule has 0 spiro atoms. The van der Waals surface area contributed by atoms with Crippen LogP contribution in [0.4, 0.5) is 56.9 Å². The number of hydrogen-bond acceptors (Lipinski definition) is 6. The van der Waals surface area contributed by atoms with Crippen LogP contribution in [0.5, 0.6) is 0 Å². The molecule has 0 amide bonds. The molecule has 2 aromatic heterocycles. The van der Waals surface area contributed by atoms with Crippen LogP contribution in [0, 0.1) is 13.8 Å². The second-order valence-electron chi connectivity index (χ2n) is 46.3. The first-order valence-corrected chi connectivity index (χ1v) is 46.2. The van der Waals surface area contributed by atoms with Crippen molar-refractivity contribution in [3.8, 4) is 22.3 Å².